The van der Waals surface area contributed by atoms with Gasteiger partial charge in [0.15, 0.2) is 0 Å². The highest BCUT2D eigenvalue weighted by atomic mass is 16.2. The molecular weight excluding hydrogens is 224 g/mol. The van der Waals surface area contributed by atoms with Gasteiger partial charge in [0.05, 0.1) is 0 Å². The number of hydrogen-bond donors (Lipinski definition) is 1. The summed E-state index contributed by atoms with van der Waals surface area (Å²) in [4.78, 5) is 14.0. The summed E-state index contributed by atoms with van der Waals surface area (Å²) in [7, 11) is 0. The van der Waals surface area contributed by atoms with Gasteiger partial charge in [-0.05, 0) is 12.0 Å². The Morgan fingerprint density at radius 3 is 2.78 bits per heavy atom. The van der Waals surface area contributed by atoms with E-state index in [4.69, 9.17) is 0 Å². The maximum absolute atomic E-state index is 12.0. The van der Waals surface area contributed by atoms with Crippen LogP contribution < -0.4 is 5.32 Å². The van der Waals surface area contributed by atoms with Crippen LogP contribution in [0.2, 0.25) is 0 Å². The van der Waals surface area contributed by atoms with Crippen molar-refractivity contribution in [3.05, 3.63) is 35.9 Å². The average molecular weight is 246 g/mol. The van der Waals surface area contributed by atoms with Crippen LogP contribution in [0.15, 0.2) is 30.3 Å². The first-order chi connectivity index (χ1) is 8.66. The van der Waals surface area contributed by atoms with Gasteiger partial charge in [-0.3, -0.25) is 4.79 Å². The Bertz CT molecular complexity index is 389. The fourth-order valence-electron chi connectivity index (χ4n) is 2.43. The maximum Gasteiger partial charge on any atom is 0.225 e. The Balaban J connectivity index is 1.93. The number of nitrogens with one attached hydrogen (secondary N) is 1. The molecule has 0 saturated carbocycles. The van der Waals surface area contributed by atoms with Crippen LogP contribution in [0.5, 0.6) is 0 Å². The number of hydrogen-bond acceptors (Lipinski definition) is 2. The highest BCUT2D eigenvalue weighted by Crippen LogP contribution is 2.10. The van der Waals surface area contributed by atoms with Gasteiger partial charge in [-0.2, -0.15) is 0 Å². The van der Waals surface area contributed by atoms with E-state index in [9.17, 15) is 4.79 Å². The SMILES string of the molecule is CC(C)C(=O)N1CCNC(Cc2ccccc2)C1. The first-order valence-corrected chi connectivity index (χ1v) is 6.73. The standard InChI is InChI=1S/C15H22N2O/c1-12(2)15(18)17-9-8-16-14(11-17)10-13-6-4-3-5-7-13/h3-7,12,14,16H,8-11H2,1-2H3. The second-order valence-corrected chi connectivity index (χ2v) is 5.28. The summed E-state index contributed by atoms with van der Waals surface area (Å²) < 4.78 is 0. The van der Waals surface area contributed by atoms with Crippen molar-refractivity contribution in [3.63, 3.8) is 0 Å². The summed E-state index contributed by atoms with van der Waals surface area (Å²) in [5.74, 6) is 0.370. The normalized spacial score (nSPS) is 20.2. The first kappa shape index (κ1) is 13.1. The molecule has 1 amide bonds. The van der Waals surface area contributed by atoms with E-state index in [1.807, 2.05) is 24.8 Å². The van der Waals surface area contributed by atoms with Crippen LogP contribution >= 0.6 is 0 Å². The van der Waals surface area contributed by atoms with Gasteiger partial charge >= 0.3 is 0 Å². The number of carbonyl (C=O) groups excluding carboxylic acids is 1. The van der Waals surface area contributed by atoms with Gasteiger partial charge in [-0.1, -0.05) is 44.2 Å². The fraction of sp³-hybridized carbons (Fsp3) is 0.533. The van der Waals surface area contributed by atoms with E-state index in [0.29, 0.717) is 6.04 Å². The van der Waals surface area contributed by atoms with Crippen molar-refractivity contribution in [2.24, 2.45) is 5.92 Å². The average Bonchev–Trinajstić information content (AvgIpc) is 2.39. The Morgan fingerprint density at radius 2 is 2.11 bits per heavy atom. The van der Waals surface area contributed by atoms with Crippen LogP contribution in [0.25, 0.3) is 0 Å². The monoisotopic (exact) mass is 246 g/mol. The molecule has 98 valence electrons. The molecule has 3 heteroatoms. The summed E-state index contributed by atoms with van der Waals surface area (Å²) in [6.45, 7) is 6.50. The number of amides is 1. The molecule has 2 rings (SSSR count). The third-order valence-corrected chi connectivity index (χ3v) is 3.39. The van der Waals surface area contributed by atoms with Crippen molar-refractivity contribution in [3.8, 4) is 0 Å². The van der Waals surface area contributed by atoms with E-state index in [2.05, 4.69) is 29.6 Å². The van der Waals surface area contributed by atoms with Crippen LogP contribution in [-0.4, -0.2) is 36.5 Å². The highest BCUT2D eigenvalue weighted by molar-refractivity contribution is 5.78. The van der Waals surface area contributed by atoms with Crippen molar-refractivity contribution in [1.82, 2.24) is 10.2 Å². The van der Waals surface area contributed by atoms with Gasteiger partial charge in [0.2, 0.25) is 5.91 Å². The Morgan fingerprint density at radius 1 is 1.39 bits per heavy atom. The molecule has 1 heterocycles. The number of rotatable bonds is 3. The smallest absolute Gasteiger partial charge is 0.225 e. The van der Waals surface area contributed by atoms with Crippen LogP contribution in [0.1, 0.15) is 19.4 Å². The van der Waals surface area contributed by atoms with E-state index in [1.165, 1.54) is 5.56 Å². The van der Waals surface area contributed by atoms with Gasteiger partial charge in [0.25, 0.3) is 0 Å². The first-order valence-electron chi connectivity index (χ1n) is 6.73. The van der Waals surface area contributed by atoms with E-state index in [1.54, 1.807) is 0 Å². The van der Waals surface area contributed by atoms with Gasteiger partial charge < -0.3 is 10.2 Å². The molecule has 1 aliphatic heterocycles. The number of nitrogens with zero attached hydrogens (tertiary/aromatic N) is 1. The lowest BCUT2D eigenvalue weighted by molar-refractivity contribution is -0.135. The number of piperazine rings is 1. The van der Waals surface area contributed by atoms with Crippen molar-refractivity contribution >= 4 is 5.91 Å². The van der Waals surface area contributed by atoms with E-state index < -0.39 is 0 Å². The molecule has 1 saturated heterocycles. The molecular formula is C15H22N2O. The lowest BCUT2D eigenvalue weighted by Crippen LogP contribution is -2.54. The molecule has 0 radical (unpaired) electrons. The summed E-state index contributed by atoms with van der Waals surface area (Å²) >= 11 is 0. The lowest BCUT2D eigenvalue weighted by Gasteiger charge is -2.34. The molecule has 3 nitrogen and oxygen atoms in total. The lowest BCUT2D eigenvalue weighted by atomic mass is 10.0. The zero-order valence-electron chi connectivity index (χ0n) is 11.2. The van der Waals surface area contributed by atoms with Gasteiger partial charge in [-0.15, -0.1) is 0 Å². The van der Waals surface area contributed by atoms with Gasteiger partial charge in [0, 0.05) is 31.6 Å². The molecule has 0 aliphatic carbocycles. The van der Waals surface area contributed by atoms with E-state index in [-0.39, 0.29) is 11.8 Å². The molecule has 1 atom stereocenters. The molecule has 1 fully saturated rings. The quantitative estimate of drug-likeness (QED) is 0.880. The predicted octanol–water partition coefficient (Wildman–Crippen LogP) is 1.69. The summed E-state index contributed by atoms with van der Waals surface area (Å²) in [5, 5.41) is 3.50. The van der Waals surface area contributed by atoms with Gasteiger partial charge in [-0.25, -0.2) is 0 Å². The number of carbonyl (C=O) groups is 1. The summed E-state index contributed by atoms with van der Waals surface area (Å²) in [6, 6.07) is 10.8. The highest BCUT2D eigenvalue weighted by Gasteiger charge is 2.24. The number of benzene rings is 1. The van der Waals surface area contributed by atoms with Crippen molar-refractivity contribution < 1.29 is 4.79 Å². The Labute approximate surface area is 109 Å². The van der Waals surface area contributed by atoms with E-state index >= 15 is 0 Å². The second-order valence-electron chi connectivity index (χ2n) is 5.28. The van der Waals surface area contributed by atoms with Crippen LogP contribution in [0.4, 0.5) is 0 Å². The molecule has 1 unspecified atom stereocenters. The fourth-order valence-corrected chi connectivity index (χ4v) is 2.43. The minimum Gasteiger partial charge on any atom is -0.340 e. The van der Waals surface area contributed by atoms with E-state index in [0.717, 1.165) is 26.1 Å². The van der Waals surface area contributed by atoms with Crippen LogP contribution in [0, 0.1) is 5.92 Å². The molecule has 1 aromatic rings. The third-order valence-electron chi connectivity index (χ3n) is 3.39. The zero-order valence-corrected chi connectivity index (χ0v) is 11.2. The van der Waals surface area contributed by atoms with Crippen LogP contribution in [-0.2, 0) is 11.2 Å². The molecule has 1 aromatic carbocycles. The molecule has 0 bridgehead atoms. The summed E-state index contributed by atoms with van der Waals surface area (Å²) in [6.07, 6.45) is 0.989. The molecule has 1 N–H and O–H groups in total. The minimum absolute atomic E-state index is 0.0977. The molecule has 18 heavy (non-hydrogen) atoms. The van der Waals surface area contributed by atoms with Crippen LogP contribution in [0.3, 0.4) is 0 Å². The largest absolute Gasteiger partial charge is 0.340 e. The second kappa shape index (κ2) is 6.01. The zero-order chi connectivity index (χ0) is 13.0. The van der Waals surface area contributed by atoms with Crippen molar-refractivity contribution in [2.45, 2.75) is 26.3 Å². The Kier molecular flexibility index (Phi) is 4.37. The maximum atomic E-state index is 12.0. The Hall–Kier alpha value is -1.35. The van der Waals surface area contributed by atoms with Crippen molar-refractivity contribution in [2.75, 3.05) is 19.6 Å². The third kappa shape index (κ3) is 3.33. The van der Waals surface area contributed by atoms with Crippen molar-refractivity contribution in [1.29, 1.82) is 0 Å². The molecule has 0 spiro atoms. The minimum atomic E-state index is 0.0977. The molecule has 0 aromatic heterocycles. The predicted molar refractivity (Wildman–Crippen MR) is 73.4 cm³/mol. The summed E-state index contributed by atoms with van der Waals surface area (Å²) in [5.41, 5.74) is 1.33. The van der Waals surface area contributed by atoms with Gasteiger partial charge in [0.1, 0.15) is 0 Å². The molecule has 1 aliphatic rings. The topological polar surface area (TPSA) is 32.3 Å².